The molecule has 160 valence electrons. The van der Waals surface area contributed by atoms with Crippen LogP contribution < -0.4 is 9.80 Å². The van der Waals surface area contributed by atoms with Crippen LogP contribution in [0.5, 0.6) is 0 Å². The smallest absolute Gasteiger partial charge is 0.268 e. The molecule has 0 N–H and O–H groups in total. The van der Waals surface area contributed by atoms with E-state index in [-0.39, 0.29) is 5.91 Å². The van der Waals surface area contributed by atoms with Crippen LogP contribution in [-0.2, 0) is 11.3 Å². The first kappa shape index (κ1) is 20.1. The monoisotopic (exact) mass is 437 g/mol. The lowest BCUT2D eigenvalue weighted by Gasteiger charge is -2.26. The number of aromatic nitrogens is 2. The molecular weight excluding hydrogens is 414 g/mol. The number of morpholine rings is 1. The zero-order chi connectivity index (χ0) is 21.4. The largest absolute Gasteiger partial charge is 0.379 e. The van der Waals surface area contributed by atoms with E-state index in [1.165, 1.54) is 0 Å². The van der Waals surface area contributed by atoms with Gasteiger partial charge in [-0.2, -0.15) is 5.10 Å². The van der Waals surface area contributed by atoms with Gasteiger partial charge in [0.1, 0.15) is 5.56 Å². The highest BCUT2D eigenvalue weighted by Gasteiger charge is 2.33. The molecule has 0 saturated carbocycles. The number of halogens is 1. The summed E-state index contributed by atoms with van der Waals surface area (Å²) in [7, 11) is 1.94. The minimum absolute atomic E-state index is 0.119. The van der Waals surface area contributed by atoms with Crippen LogP contribution in [0.3, 0.4) is 0 Å². The van der Waals surface area contributed by atoms with Crippen molar-refractivity contribution in [3.63, 3.8) is 0 Å². The van der Waals surface area contributed by atoms with Crippen molar-refractivity contribution in [2.45, 2.75) is 6.54 Å². The first-order valence-electron chi connectivity index (χ1n) is 10.4. The standard InChI is InChI=1S/C23H24ClN5O2/c1-26-20-8-7-17(24)15-21(20)29(18-5-3-2-4-6-18)23(30)19-16-28(25-22(19)26)10-9-27-11-13-31-14-12-27/h2-8,15-16H,9-14H2,1H3. The van der Waals surface area contributed by atoms with E-state index in [0.717, 1.165) is 49.9 Å². The fraction of sp³-hybridized carbons (Fsp3) is 0.304. The topological polar surface area (TPSA) is 53.8 Å². The lowest BCUT2D eigenvalue weighted by Crippen LogP contribution is -2.38. The lowest BCUT2D eigenvalue weighted by molar-refractivity contribution is 0.0360. The third-order valence-corrected chi connectivity index (χ3v) is 6.03. The Morgan fingerprint density at radius 1 is 1.03 bits per heavy atom. The van der Waals surface area contributed by atoms with Gasteiger partial charge >= 0.3 is 0 Å². The summed E-state index contributed by atoms with van der Waals surface area (Å²) in [6.07, 6.45) is 1.86. The summed E-state index contributed by atoms with van der Waals surface area (Å²) >= 11 is 6.31. The molecule has 1 amide bonds. The molecule has 0 atom stereocenters. The molecule has 1 aromatic heterocycles. The van der Waals surface area contributed by atoms with Crippen molar-refractivity contribution >= 4 is 40.4 Å². The van der Waals surface area contributed by atoms with Crippen LogP contribution in [-0.4, -0.2) is 60.5 Å². The molecule has 2 aliphatic heterocycles. The molecule has 5 rings (SSSR count). The molecule has 0 unspecified atom stereocenters. The van der Waals surface area contributed by atoms with Crippen molar-refractivity contribution in [2.24, 2.45) is 0 Å². The molecule has 0 spiro atoms. The van der Waals surface area contributed by atoms with Gasteiger partial charge in [-0.15, -0.1) is 0 Å². The van der Waals surface area contributed by atoms with Crippen LogP contribution >= 0.6 is 11.6 Å². The van der Waals surface area contributed by atoms with Gasteiger partial charge in [0.05, 0.1) is 31.1 Å². The Morgan fingerprint density at radius 2 is 1.81 bits per heavy atom. The summed E-state index contributed by atoms with van der Waals surface area (Å²) in [5, 5.41) is 5.36. The number of ether oxygens (including phenoxy) is 1. The van der Waals surface area contributed by atoms with Gasteiger partial charge in [-0.25, -0.2) is 0 Å². The van der Waals surface area contributed by atoms with Gasteiger partial charge in [0.2, 0.25) is 0 Å². The van der Waals surface area contributed by atoms with E-state index in [1.54, 1.807) is 4.90 Å². The molecule has 3 aromatic rings. The summed E-state index contributed by atoms with van der Waals surface area (Å²) in [5.74, 6) is 0.528. The second kappa shape index (κ2) is 8.34. The normalized spacial score (nSPS) is 16.8. The number of fused-ring (bicyclic) bond motifs is 2. The van der Waals surface area contributed by atoms with Crippen LogP contribution in [0.15, 0.2) is 54.7 Å². The number of anilines is 4. The van der Waals surface area contributed by atoms with Crippen molar-refractivity contribution in [1.82, 2.24) is 14.7 Å². The Hall–Kier alpha value is -2.87. The predicted octanol–water partition coefficient (Wildman–Crippen LogP) is 3.93. The molecular formula is C23H24ClN5O2. The maximum Gasteiger partial charge on any atom is 0.268 e. The fourth-order valence-corrected chi connectivity index (χ4v) is 4.30. The van der Waals surface area contributed by atoms with E-state index < -0.39 is 0 Å². The third-order valence-electron chi connectivity index (χ3n) is 5.80. The molecule has 1 saturated heterocycles. The molecule has 7 nitrogen and oxygen atoms in total. The van der Waals surface area contributed by atoms with E-state index >= 15 is 0 Å². The number of amides is 1. The zero-order valence-corrected chi connectivity index (χ0v) is 18.1. The van der Waals surface area contributed by atoms with E-state index in [0.29, 0.717) is 22.9 Å². The number of hydrogen-bond donors (Lipinski definition) is 0. The van der Waals surface area contributed by atoms with E-state index in [1.807, 2.05) is 71.4 Å². The average molecular weight is 438 g/mol. The lowest BCUT2D eigenvalue weighted by atomic mass is 10.2. The minimum atomic E-state index is -0.119. The quantitative estimate of drug-likeness (QED) is 0.619. The van der Waals surface area contributed by atoms with Crippen LogP contribution in [0.2, 0.25) is 5.02 Å². The first-order valence-corrected chi connectivity index (χ1v) is 10.8. The van der Waals surface area contributed by atoms with E-state index in [4.69, 9.17) is 21.4 Å². The number of para-hydroxylation sites is 1. The van der Waals surface area contributed by atoms with Crippen molar-refractivity contribution in [1.29, 1.82) is 0 Å². The second-order valence-electron chi connectivity index (χ2n) is 7.75. The van der Waals surface area contributed by atoms with Gasteiger partial charge in [-0.05, 0) is 30.3 Å². The Bertz CT molecular complexity index is 1090. The van der Waals surface area contributed by atoms with Crippen molar-refractivity contribution in [3.05, 3.63) is 65.3 Å². The minimum Gasteiger partial charge on any atom is -0.379 e. The molecule has 0 aliphatic carbocycles. The van der Waals surface area contributed by atoms with Crippen LogP contribution in [0, 0.1) is 0 Å². The van der Waals surface area contributed by atoms with E-state index in [2.05, 4.69) is 4.90 Å². The highest BCUT2D eigenvalue weighted by Crippen LogP contribution is 2.43. The van der Waals surface area contributed by atoms with Gasteiger partial charge in [0, 0.05) is 43.6 Å². The van der Waals surface area contributed by atoms with Gasteiger partial charge < -0.3 is 9.64 Å². The Balaban J connectivity index is 1.54. The number of carbonyl (C=O) groups is 1. The Labute approximate surface area is 186 Å². The Kier molecular flexibility index (Phi) is 5.40. The molecule has 2 aliphatic rings. The summed E-state index contributed by atoms with van der Waals surface area (Å²) in [6.45, 7) is 4.97. The molecule has 0 bridgehead atoms. The van der Waals surface area contributed by atoms with Gasteiger partial charge in [0.25, 0.3) is 5.91 Å². The summed E-state index contributed by atoms with van der Waals surface area (Å²) in [4.78, 5) is 19.8. The molecule has 2 aromatic carbocycles. The van der Waals surface area contributed by atoms with Crippen LogP contribution in [0.25, 0.3) is 0 Å². The van der Waals surface area contributed by atoms with Gasteiger partial charge in [-0.3, -0.25) is 19.3 Å². The highest BCUT2D eigenvalue weighted by molar-refractivity contribution is 6.31. The maximum atomic E-state index is 13.8. The fourth-order valence-electron chi connectivity index (χ4n) is 4.13. The number of nitrogens with zero attached hydrogens (tertiary/aromatic N) is 5. The molecule has 31 heavy (non-hydrogen) atoms. The number of hydrogen-bond acceptors (Lipinski definition) is 5. The van der Waals surface area contributed by atoms with Crippen LogP contribution in [0.4, 0.5) is 22.9 Å². The molecule has 3 heterocycles. The van der Waals surface area contributed by atoms with Crippen molar-refractivity contribution in [3.8, 4) is 0 Å². The molecule has 0 radical (unpaired) electrons. The van der Waals surface area contributed by atoms with Crippen LogP contribution in [0.1, 0.15) is 10.4 Å². The average Bonchev–Trinajstić information content (AvgIpc) is 3.20. The Morgan fingerprint density at radius 3 is 2.58 bits per heavy atom. The summed E-state index contributed by atoms with van der Waals surface area (Å²) in [6, 6.07) is 15.2. The highest BCUT2D eigenvalue weighted by atomic mass is 35.5. The molecule has 1 fully saturated rings. The van der Waals surface area contributed by atoms with Gasteiger partial charge in [0.15, 0.2) is 5.82 Å². The second-order valence-corrected chi connectivity index (χ2v) is 8.19. The summed E-state index contributed by atoms with van der Waals surface area (Å²) in [5.41, 5.74) is 2.97. The maximum absolute atomic E-state index is 13.8. The number of rotatable bonds is 4. The molecule has 8 heteroatoms. The van der Waals surface area contributed by atoms with E-state index in [9.17, 15) is 4.79 Å². The van der Waals surface area contributed by atoms with Gasteiger partial charge in [-0.1, -0.05) is 29.8 Å². The number of carbonyl (C=O) groups excluding carboxylic acids is 1. The third kappa shape index (κ3) is 3.80. The summed E-state index contributed by atoms with van der Waals surface area (Å²) < 4.78 is 7.30. The first-order chi connectivity index (χ1) is 15.1. The van der Waals surface area contributed by atoms with Crippen molar-refractivity contribution in [2.75, 3.05) is 49.7 Å². The van der Waals surface area contributed by atoms with Crippen molar-refractivity contribution < 1.29 is 9.53 Å². The number of benzene rings is 2. The predicted molar refractivity (Wildman–Crippen MR) is 122 cm³/mol. The zero-order valence-electron chi connectivity index (χ0n) is 17.4. The SMILES string of the molecule is CN1c2ccc(Cl)cc2N(c2ccccc2)C(=O)c2cn(CCN3CCOCC3)nc21.